The maximum Gasteiger partial charge on any atom is 4.00 e. The molecule has 0 nitrogen and oxygen atoms in total. The Labute approximate surface area is 168 Å². The second kappa shape index (κ2) is 17.0. The van der Waals surface area contributed by atoms with Crippen LogP contribution < -0.4 is 0 Å². The minimum absolute atomic E-state index is 0. The van der Waals surface area contributed by atoms with E-state index in [4.69, 9.17) is 0 Å². The smallest absolute Gasteiger partial charge is 0.270 e. The Balaban J connectivity index is 0.000000303. The molecule has 2 aromatic rings. The fourth-order valence-corrected chi connectivity index (χ4v) is 1.71. The van der Waals surface area contributed by atoms with Crippen molar-refractivity contribution in [2.75, 3.05) is 0 Å². The summed E-state index contributed by atoms with van der Waals surface area (Å²) in [5.74, 6) is 0. The standard InChI is InChI=1S/2C6H7.2C6H5.Ti/c2*1-6-4-2-3-5-6;2*1-2-4-6-5-3-1;/h2*2,4H,3H2,1H3;2*1-5H;/q4*-1;+4. The van der Waals surface area contributed by atoms with E-state index in [-0.39, 0.29) is 21.7 Å². The number of rotatable bonds is 0. The molecule has 0 unspecified atom stereocenters. The molecule has 2 aliphatic carbocycles. The Morgan fingerprint density at radius 2 is 0.960 bits per heavy atom. The van der Waals surface area contributed by atoms with Crippen LogP contribution in [0.1, 0.15) is 26.7 Å². The van der Waals surface area contributed by atoms with Crippen molar-refractivity contribution in [3.8, 4) is 0 Å². The second-order valence-corrected chi connectivity index (χ2v) is 5.09. The van der Waals surface area contributed by atoms with Gasteiger partial charge < -0.3 is 0 Å². The predicted octanol–water partition coefficient (Wildman–Crippen LogP) is 6.36. The summed E-state index contributed by atoms with van der Waals surface area (Å²) >= 11 is 0. The van der Waals surface area contributed by atoms with Gasteiger partial charge in [-0.05, 0) is 0 Å². The van der Waals surface area contributed by atoms with Gasteiger partial charge in [0.2, 0.25) is 0 Å². The number of allylic oxidation sites excluding steroid dienone is 8. The molecule has 124 valence electrons. The molecule has 0 radical (unpaired) electrons. The SMILES string of the molecule is CC1=[C-]CC=C1.CC1=[C-]CC=C1.[Ti+4].[c-]1ccccc1.[c-]1ccccc1. The van der Waals surface area contributed by atoms with Crippen LogP contribution in [0, 0.1) is 24.3 Å². The van der Waals surface area contributed by atoms with Crippen molar-refractivity contribution in [1.82, 2.24) is 0 Å². The van der Waals surface area contributed by atoms with E-state index in [1.807, 2.05) is 60.7 Å². The van der Waals surface area contributed by atoms with Gasteiger partial charge in [0.25, 0.3) is 0 Å². The summed E-state index contributed by atoms with van der Waals surface area (Å²) in [5.41, 5.74) is 2.55. The number of benzene rings is 2. The zero-order valence-corrected chi connectivity index (χ0v) is 16.6. The normalized spacial score (nSPS) is 12.7. The molecule has 0 saturated heterocycles. The molecule has 0 spiro atoms. The first-order chi connectivity index (χ1) is 11.8. The maximum atomic E-state index is 3.12. The summed E-state index contributed by atoms with van der Waals surface area (Å²) in [6, 6.07) is 25.0. The fourth-order valence-electron chi connectivity index (χ4n) is 1.71. The van der Waals surface area contributed by atoms with Crippen LogP contribution in [-0.4, -0.2) is 0 Å². The zero-order chi connectivity index (χ0) is 17.3. The second-order valence-electron chi connectivity index (χ2n) is 5.09. The van der Waals surface area contributed by atoms with Crippen LogP contribution in [-0.2, 0) is 21.7 Å². The first kappa shape index (κ1) is 23.1. The van der Waals surface area contributed by atoms with Gasteiger partial charge in [0.15, 0.2) is 0 Å². The molecule has 0 atom stereocenters. The van der Waals surface area contributed by atoms with Crippen LogP contribution in [0.3, 0.4) is 0 Å². The molecule has 0 N–H and O–H groups in total. The van der Waals surface area contributed by atoms with Crippen molar-refractivity contribution >= 4 is 0 Å². The third-order valence-electron chi connectivity index (χ3n) is 2.95. The fraction of sp³-hybridized carbons (Fsp3) is 0.167. The van der Waals surface area contributed by atoms with Gasteiger partial charge in [-0.3, -0.25) is 12.2 Å². The van der Waals surface area contributed by atoms with Crippen molar-refractivity contribution in [2.45, 2.75) is 26.7 Å². The monoisotopic (exact) mass is 360 g/mol. The Bertz CT molecular complexity index is 516. The van der Waals surface area contributed by atoms with Crippen LogP contribution in [0.5, 0.6) is 0 Å². The molecule has 0 bridgehead atoms. The quantitative estimate of drug-likeness (QED) is 0.379. The molecule has 0 saturated carbocycles. The molecule has 25 heavy (non-hydrogen) atoms. The maximum absolute atomic E-state index is 3.12. The molecule has 0 heterocycles. The molecule has 2 aliphatic rings. The Kier molecular flexibility index (Phi) is 15.7. The van der Waals surface area contributed by atoms with E-state index in [0.717, 1.165) is 12.8 Å². The third-order valence-corrected chi connectivity index (χ3v) is 2.95. The Morgan fingerprint density at radius 3 is 1.04 bits per heavy atom. The van der Waals surface area contributed by atoms with E-state index in [2.05, 4.69) is 62.4 Å². The van der Waals surface area contributed by atoms with Crippen LogP contribution in [0.2, 0.25) is 0 Å². The summed E-state index contributed by atoms with van der Waals surface area (Å²) in [7, 11) is 0. The van der Waals surface area contributed by atoms with Crippen molar-refractivity contribution in [3.63, 3.8) is 0 Å². The van der Waals surface area contributed by atoms with Crippen molar-refractivity contribution in [1.29, 1.82) is 0 Å². The molecule has 0 aromatic heterocycles. The summed E-state index contributed by atoms with van der Waals surface area (Å²) < 4.78 is 0. The summed E-state index contributed by atoms with van der Waals surface area (Å²) in [6.45, 7) is 4.12. The minimum atomic E-state index is 0. The topological polar surface area (TPSA) is 0 Å². The van der Waals surface area contributed by atoms with Crippen molar-refractivity contribution in [2.24, 2.45) is 0 Å². The van der Waals surface area contributed by atoms with Crippen LogP contribution >= 0.6 is 0 Å². The molecule has 4 rings (SSSR count). The van der Waals surface area contributed by atoms with Gasteiger partial charge in [-0.1, -0.05) is 13.8 Å². The molecule has 0 amide bonds. The van der Waals surface area contributed by atoms with Crippen molar-refractivity contribution in [3.05, 3.63) is 120 Å². The van der Waals surface area contributed by atoms with Crippen LogP contribution in [0.15, 0.2) is 96.1 Å². The van der Waals surface area contributed by atoms with Gasteiger partial charge >= 0.3 is 21.7 Å². The summed E-state index contributed by atoms with van der Waals surface area (Å²) in [4.78, 5) is 0. The average molecular weight is 360 g/mol. The number of hydrogen-bond donors (Lipinski definition) is 0. The number of hydrogen-bond acceptors (Lipinski definition) is 0. The van der Waals surface area contributed by atoms with Gasteiger partial charge in [-0.25, -0.2) is 23.3 Å². The summed E-state index contributed by atoms with van der Waals surface area (Å²) in [5, 5.41) is 0. The van der Waals surface area contributed by atoms with Crippen molar-refractivity contribution < 1.29 is 21.7 Å². The van der Waals surface area contributed by atoms with E-state index in [9.17, 15) is 0 Å². The van der Waals surface area contributed by atoms with E-state index in [1.54, 1.807) is 0 Å². The van der Waals surface area contributed by atoms with Crippen LogP contribution in [0.4, 0.5) is 0 Å². The molecule has 0 aliphatic heterocycles. The molecule has 0 fully saturated rings. The Morgan fingerprint density at radius 1 is 0.600 bits per heavy atom. The van der Waals surface area contributed by atoms with Gasteiger partial charge in [-0.15, -0.1) is 12.8 Å². The molecule has 2 aromatic carbocycles. The van der Waals surface area contributed by atoms with Gasteiger partial charge in [0, 0.05) is 0 Å². The van der Waals surface area contributed by atoms with E-state index >= 15 is 0 Å². The molecular weight excluding hydrogens is 336 g/mol. The Hall–Kier alpha value is -1.89. The average Bonchev–Trinajstić information content (AvgIpc) is 3.33. The van der Waals surface area contributed by atoms with E-state index < -0.39 is 0 Å². The summed E-state index contributed by atoms with van der Waals surface area (Å²) in [6.07, 6.45) is 16.7. The van der Waals surface area contributed by atoms with Gasteiger partial charge in [0.05, 0.1) is 0 Å². The molecular formula is C24H24Ti. The van der Waals surface area contributed by atoms with E-state index in [0.29, 0.717) is 0 Å². The first-order valence-electron chi connectivity index (χ1n) is 8.09. The predicted molar refractivity (Wildman–Crippen MR) is 103 cm³/mol. The van der Waals surface area contributed by atoms with E-state index in [1.165, 1.54) is 11.1 Å². The zero-order valence-electron chi connectivity index (χ0n) is 15.0. The largest absolute Gasteiger partial charge is 4.00 e. The third kappa shape index (κ3) is 15.4. The minimum Gasteiger partial charge on any atom is -0.270 e. The van der Waals surface area contributed by atoms with Gasteiger partial charge in [-0.2, -0.15) is 84.9 Å². The first-order valence-corrected chi connectivity index (χ1v) is 8.09. The van der Waals surface area contributed by atoms with Gasteiger partial charge in [0.1, 0.15) is 0 Å². The van der Waals surface area contributed by atoms with Crippen LogP contribution in [0.25, 0.3) is 0 Å². The molecule has 1 heteroatoms.